The Bertz CT molecular complexity index is 896. The van der Waals surface area contributed by atoms with E-state index in [9.17, 15) is 4.79 Å². The van der Waals surface area contributed by atoms with E-state index in [0.29, 0.717) is 13.1 Å². The average Bonchev–Trinajstić information content (AvgIpc) is 3.15. The van der Waals surface area contributed by atoms with Crippen molar-refractivity contribution in [2.45, 2.75) is 6.92 Å². The average molecular weight is 347 g/mol. The highest BCUT2D eigenvalue weighted by Crippen LogP contribution is 2.22. The third-order valence-electron chi connectivity index (χ3n) is 4.72. The van der Waals surface area contributed by atoms with E-state index >= 15 is 0 Å². The van der Waals surface area contributed by atoms with Crippen molar-refractivity contribution in [3.63, 3.8) is 0 Å². The molecule has 0 aliphatic carbocycles. The van der Waals surface area contributed by atoms with Gasteiger partial charge >= 0.3 is 0 Å². The molecule has 1 amide bonds. The summed E-state index contributed by atoms with van der Waals surface area (Å²) in [7, 11) is 0. The van der Waals surface area contributed by atoms with Gasteiger partial charge in [-0.2, -0.15) is 0 Å². The molecule has 0 N–H and O–H groups in total. The number of benzene rings is 2. The van der Waals surface area contributed by atoms with Crippen LogP contribution in [0.5, 0.6) is 0 Å². The number of anilines is 1. The lowest BCUT2D eigenvalue weighted by Crippen LogP contribution is -2.48. The van der Waals surface area contributed by atoms with Gasteiger partial charge in [0.2, 0.25) is 0 Å². The molecule has 1 aliphatic rings. The number of rotatable bonds is 3. The summed E-state index contributed by atoms with van der Waals surface area (Å²) >= 11 is 0. The third kappa shape index (κ3) is 3.33. The zero-order chi connectivity index (χ0) is 17.9. The van der Waals surface area contributed by atoms with Crippen molar-refractivity contribution in [1.82, 2.24) is 10.1 Å². The summed E-state index contributed by atoms with van der Waals surface area (Å²) in [5.41, 5.74) is 2.92. The van der Waals surface area contributed by atoms with E-state index in [1.165, 1.54) is 0 Å². The number of hydrogen-bond acceptors (Lipinski definition) is 4. The van der Waals surface area contributed by atoms with Crippen LogP contribution in [0.1, 0.15) is 16.1 Å². The van der Waals surface area contributed by atoms with Crippen LogP contribution in [-0.4, -0.2) is 42.1 Å². The van der Waals surface area contributed by atoms with Crippen LogP contribution in [0.4, 0.5) is 5.82 Å². The smallest absolute Gasteiger partial charge is 0.253 e. The van der Waals surface area contributed by atoms with Crippen molar-refractivity contribution < 1.29 is 9.32 Å². The molecule has 0 saturated carbocycles. The number of amides is 1. The summed E-state index contributed by atoms with van der Waals surface area (Å²) in [5.74, 6) is 1.73. The molecule has 0 spiro atoms. The van der Waals surface area contributed by atoms with E-state index < -0.39 is 0 Å². The van der Waals surface area contributed by atoms with Crippen LogP contribution in [0.25, 0.3) is 11.1 Å². The van der Waals surface area contributed by atoms with Crippen LogP contribution in [0.2, 0.25) is 0 Å². The standard InChI is InChI=1S/C21H21N3O2/c1-16-14-20(22-26-16)23-10-12-24(13-11-23)21(25)19-9-5-8-18(15-19)17-6-3-2-4-7-17/h2-9,14-15H,10-13H2,1H3. The zero-order valence-corrected chi connectivity index (χ0v) is 14.8. The number of nitrogens with zero attached hydrogens (tertiary/aromatic N) is 3. The molecule has 5 nitrogen and oxygen atoms in total. The van der Waals surface area contributed by atoms with Crippen LogP contribution in [0.3, 0.4) is 0 Å². The second-order valence-corrected chi connectivity index (χ2v) is 6.52. The molecule has 5 heteroatoms. The van der Waals surface area contributed by atoms with Gasteiger partial charge in [0.25, 0.3) is 5.91 Å². The van der Waals surface area contributed by atoms with E-state index in [1.807, 2.05) is 60.4 Å². The summed E-state index contributed by atoms with van der Waals surface area (Å²) in [5, 5.41) is 4.06. The molecule has 0 atom stereocenters. The van der Waals surface area contributed by atoms with Crippen LogP contribution in [-0.2, 0) is 0 Å². The quantitative estimate of drug-likeness (QED) is 0.726. The van der Waals surface area contributed by atoms with Crippen LogP contribution >= 0.6 is 0 Å². The van der Waals surface area contributed by atoms with Crippen molar-refractivity contribution >= 4 is 11.7 Å². The summed E-state index contributed by atoms with van der Waals surface area (Å²) in [4.78, 5) is 17.0. The Morgan fingerprint density at radius 3 is 2.35 bits per heavy atom. The van der Waals surface area contributed by atoms with Gasteiger partial charge in [0.05, 0.1) is 0 Å². The number of carbonyl (C=O) groups excluding carboxylic acids is 1. The number of piperazine rings is 1. The highest BCUT2D eigenvalue weighted by Gasteiger charge is 2.23. The Balaban J connectivity index is 1.45. The number of hydrogen-bond donors (Lipinski definition) is 0. The monoisotopic (exact) mass is 347 g/mol. The minimum Gasteiger partial charge on any atom is -0.360 e. The lowest BCUT2D eigenvalue weighted by atomic mass is 10.0. The largest absolute Gasteiger partial charge is 0.360 e. The second-order valence-electron chi connectivity index (χ2n) is 6.52. The molecule has 0 radical (unpaired) electrons. The maximum absolute atomic E-state index is 12.9. The molecular weight excluding hydrogens is 326 g/mol. The highest BCUT2D eigenvalue weighted by molar-refractivity contribution is 5.95. The van der Waals surface area contributed by atoms with Gasteiger partial charge in [-0.1, -0.05) is 47.6 Å². The second kappa shape index (κ2) is 7.04. The topological polar surface area (TPSA) is 49.6 Å². The molecule has 3 aromatic rings. The summed E-state index contributed by atoms with van der Waals surface area (Å²) in [6.45, 7) is 4.77. The van der Waals surface area contributed by atoms with Gasteiger partial charge in [0, 0.05) is 37.8 Å². The van der Waals surface area contributed by atoms with Gasteiger partial charge in [0.1, 0.15) is 5.76 Å². The lowest BCUT2D eigenvalue weighted by Gasteiger charge is -2.34. The summed E-state index contributed by atoms with van der Waals surface area (Å²) in [6.07, 6.45) is 0. The maximum atomic E-state index is 12.9. The zero-order valence-electron chi connectivity index (χ0n) is 14.8. The highest BCUT2D eigenvalue weighted by atomic mass is 16.5. The normalized spacial score (nSPS) is 14.5. The first-order chi connectivity index (χ1) is 12.7. The van der Waals surface area contributed by atoms with E-state index in [-0.39, 0.29) is 5.91 Å². The Morgan fingerprint density at radius 2 is 1.65 bits per heavy atom. The summed E-state index contributed by atoms with van der Waals surface area (Å²) in [6, 6.07) is 19.9. The predicted octanol–water partition coefficient (Wildman–Crippen LogP) is 3.61. The van der Waals surface area contributed by atoms with E-state index in [4.69, 9.17) is 4.52 Å². The molecule has 132 valence electrons. The SMILES string of the molecule is Cc1cc(N2CCN(C(=O)c3cccc(-c4ccccc4)c3)CC2)no1. The fourth-order valence-corrected chi connectivity index (χ4v) is 3.29. The molecule has 26 heavy (non-hydrogen) atoms. The number of aromatic nitrogens is 1. The Labute approximate surface area is 152 Å². The molecule has 1 saturated heterocycles. The van der Waals surface area contributed by atoms with Crippen LogP contribution in [0.15, 0.2) is 65.2 Å². The Hall–Kier alpha value is -3.08. The first kappa shape index (κ1) is 16.4. The van der Waals surface area contributed by atoms with Crippen molar-refractivity contribution in [1.29, 1.82) is 0 Å². The van der Waals surface area contributed by atoms with Crippen molar-refractivity contribution in [3.8, 4) is 11.1 Å². The van der Waals surface area contributed by atoms with Crippen molar-refractivity contribution in [2.75, 3.05) is 31.1 Å². The van der Waals surface area contributed by atoms with Gasteiger partial charge in [0.15, 0.2) is 5.82 Å². The number of aryl methyl sites for hydroxylation is 1. The Kier molecular flexibility index (Phi) is 4.44. The first-order valence-corrected chi connectivity index (χ1v) is 8.84. The molecule has 2 aromatic carbocycles. The summed E-state index contributed by atoms with van der Waals surface area (Å²) < 4.78 is 5.14. The molecule has 2 heterocycles. The fourth-order valence-electron chi connectivity index (χ4n) is 3.29. The molecule has 1 fully saturated rings. The molecule has 0 bridgehead atoms. The van der Waals surface area contributed by atoms with Gasteiger partial charge in [-0.25, -0.2) is 0 Å². The van der Waals surface area contributed by atoms with Gasteiger partial charge in [-0.15, -0.1) is 0 Å². The van der Waals surface area contributed by atoms with Crippen molar-refractivity contribution in [3.05, 3.63) is 72.0 Å². The molecule has 0 unspecified atom stereocenters. The van der Waals surface area contributed by atoms with E-state index in [0.717, 1.165) is 41.4 Å². The van der Waals surface area contributed by atoms with E-state index in [1.54, 1.807) is 0 Å². The first-order valence-electron chi connectivity index (χ1n) is 8.84. The van der Waals surface area contributed by atoms with Crippen molar-refractivity contribution in [2.24, 2.45) is 0 Å². The van der Waals surface area contributed by atoms with E-state index in [2.05, 4.69) is 22.2 Å². The minimum atomic E-state index is 0.0822. The van der Waals surface area contributed by atoms with Crippen LogP contribution in [0, 0.1) is 6.92 Å². The predicted molar refractivity (Wildman–Crippen MR) is 101 cm³/mol. The molecule has 4 rings (SSSR count). The molecule has 1 aromatic heterocycles. The number of carbonyl (C=O) groups is 1. The third-order valence-corrected chi connectivity index (χ3v) is 4.72. The maximum Gasteiger partial charge on any atom is 0.253 e. The lowest BCUT2D eigenvalue weighted by molar-refractivity contribution is 0.0746. The molecule has 1 aliphatic heterocycles. The molecular formula is C21H21N3O2. The van der Waals surface area contributed by atoms with Gasteiger partial charge in [-0.05, 0) is 30.2 Å². The van der Waals surface area contributed by atoms with Gasteiger partial charge in [-0.3, -0.25) is 4.79 Å². The van der Waals surface area contributed by atoms with Gasteiger partial charge < -0.3 is 14.3 Å². The Morgan fingerprint density at radius 1 is 0.923 bits per heavy atom. The minimum absolute atomic E-state index is 0.0822. The fraction of sp³-hybridized carbons (Fsp3) is 0.238. The van der Waals surface area contributed by atoms with Crippen LogP contribution < -0.4 is 4.90 Å².